The molecule has 0 aliphatic heterocycles. The van der Waals surface area contributed by atoms with Crippen LogP contribution in [0.4, 0.5) is 0 Å². The van der Waals surface area contributed by atoms with Crippen LogP contribution in [-0.2, 0) is 0 Å². The number of fused-ring (bicyclic) bond motifs is 19. The number of aromatic nitrogens is 12. The molecule has 130 heavy (non-hydrogen) atoms. The minimum Gasteiger partial charge on any atom is -0.309 e. The number of hydrogen-bond acceptors (Lipinski definition) is 6. The molecule has 0 saturated heterocycles. The monoisotopic (exact) mass is 1660 g/mol. The average Bonchev–Trinajstić information content (AvgIpc) is 1.56. The Labute approximate surface area is 746 Å². The first-order valence-corrected chi connectivity index (χ1v) is 43.9. The van der Waals surface area contributed by atoms with Gasteiger partial charge in [0.2, 0.25) is 5.95 Å². The van der Waals surface area contributed by atoms with Gasteiger partial charge in [-0.3, -0.25) is 19.1 Å². The highest BCUT2D eigenvalue weighted by atomic mass is 15.2. The van der Waals surface area contributed by atoms with Crippen molar-refractivity contribution in [3.63, 3.8) is 0 Å². The zero-order chi connectivity index (χ0) is 85.7. The minimum absolute atomic E-state index is 0.571. The summed E-state index contributed by atoms with van der Waals surface area (Å²) in [6.07, 6.45) is 10.0. The second kappa shape index (κ2) is 31.2. The number of nitrogens with zero attached hydrogens (tertiary/aromatic N) is 12. The van der Waals surface area contributed by atoms with E-state index in [9.17, 15) is 0 Å². The Morgan fingerprint density at radius 2 is 0.477 bits per heavy atom. The van der Waals surface area contributed by atoms with E-state index in [0.717, 1.165) is 117 Å². The number of rotatable bonds is 11. The van der Waals surface area contributed by atoms with E-state index < -0.39 is 0 Å². The molecular formula is C118H76N12. The molecule has 0 unspecified atom stereocenters. The van der Waals surface area contributed by atoms with E-state index in [0.29, 0.717) is 17.6 Å². The van der Waals surface area contributed by atoms with Gasteiger partial charge in [-0.25, -0.2) is 9.97 Å². The third-order valence-corrected chi connectivity index (χ3v) is 25.6. The van der Waals surface area contributed by atoms with Crippen LogP contribution in [0.5, 0.6) is 0 Å². The molecule has 0 atom stereocenters. The standard InChI is InChI=1S/C44H28N6.C39H25N3.C35H23N3/c1-4-15-29(16-5-1)41-46-42(30-17-6-2-7-18-30)48-44(47-41)50-37-25-13-10-21-34(37)39-32(23-14-26-38(39)50)33-27-28-45-43-40(33)35-22-11-12-24-36(35)49(43)31-19-8-3-9-20-31;1-2-13-28(14-3-1)41-34-18-8-7-16-32(34)39-33(24-40-25-37(39)41)30-17-10-20-36-38(30)31-15-6-9-19-35(31)42(36)29-22-21-26-11-4-5-12-27(26)23-29;1-3-12-24(13-4-1)37-30-19-9-7-16-27(30)34-26(18-11-21-32(34)37)29-22-36-23-33-35(29)28-17-8-10-20-31(28)38(33)25-14-5-2-6-15-25/h1-28H;1-25H;1-23H. The van der Waals surface area contributed by atoms with Gasteiger partial charge in [0.25, 0.3) is 0 Å². The van der Waals surface area contributed by atoms with E-state index in [1.807, 2.05) is 97.7 Å². The maximum atomic E-state index is 5.13. The third-order valence-electron chi connectivity index (χ3n) is 25.6. The first-order valence-electron chi connectivity index (χ1n) is 43.9. The number of para-hydroxylation sites is 10. The molecule has 27 aromatic rings. The predicted octanol–water partition coefficient (Wildman–Crippen LogP) is 29.5. The van der Waals surface area contributed by atoms with Crippen LogP contribution in [0.1, 0.15) is 0 Å². The summed E-state index contributed by atoms with van der Waals surface area (Å²) in [4.78, 5) is 29.8. The minimum atomic E-state index is 0.571. The van der Waals surface area contributed by atoms with Crippen molar-refractivity contribution in [3.8, 4) is 90.5 Å². The van der Waals surface area contributed by atoms with Crippen LogP contribution in [0.25, 0.3) is 232 Å². The lowest BCUT2D eigenvalue weighted by Gasteiger charge is -2.11. The van der Waals surface area contributed by atoms with Gasteiger partial charge in [-0.15, -0.1) is 0 Å². The maximum absolute atomic E-state index is 5.13. The fourth-order valence-electron chi connectivity index (χ4n) is 20.2. The molecule has 0 aliphatic carbocycles. The Morgan fingerprint density at radius 3 is 0.900 bits per heavy atom. The smallest absolute Gasteiger partial charge is 0.238 e. The molecule has 0 fully saturated rings. The molecule has 0 aliphatic rings. The van der Waals surface area contributed by atoms with Gasteiger partial charge in [-0.05, 0) is 154 Å². The summed E-state index contributed by atoms with van der Waals surface area (Å²) in [6, 6.07) is 152. The summed E-state index contributed by atoms with van der Waals surface area (Å²) in [5.74, 6) is 1.82. The first-order chi connectivity index (χ1) is 64.6. The third kappa shape index (κ3) is 12.2. The van der Waals surface area contributed by atoms with E-state index in [4.69, 9.17) is 29.9 Å². The SMILES string of the molecule is c1ccc(-c2nc(-c3ccccc3)nc(-n3c4ccccc4c4c(-c5ccnc6c5c5ccccc5n6-c5ccccc5)cccc43)n2)cc1.c1ccc(-n2c3ccccc3c3c(-c4cccc5c4c4ccccc4n5-c4ccc5ccccc5c4)cncc32)cc1.c1ccc(-n2c3ccccc3c3c(-c4cncc5c4c4ccccc4n5-c4ccccc4)cccc32)cc1. The highest BCUT2D eigenvalue weighted by Gasteiger charge is 2.28. The summed E-state index contributed by atoms with van der Waals surface area (Å²) in [5.41, 5.74) is 27.9. The van der Waals surface area contributed by atoms with Crippen molar-refractivity contribution in [1.82, 2.24) is 57.3 Å². The van der Waals surface area contributed by atoms with Gasteiger partial charge < -0.3 is 18.3 Å². The van der Waals surface area contributed by atoms with E-state index in [-0.39, 0.29) is 0 Å². The molecule has 12 heteroatoms. The molecule has 0 N–H and O–H groups in total. The zero-order valence-electron chi connectivity index (χ0n) is 70.2. The summed E-state index contributed by atoms with van der Waals surface area (Å²) in [7, 11) is 0. The summed E-state index contributed by atoms with van der Waals surface area (Å²) in [5, 5.41) is 16.9. The Morgan fingerprint density at radius 1 is 0.177 bits per heavy atom. The number of pyridine rings is 3. The van der Waals surface area contributed by atoms with Crippen LogP contribution < -0.4 is 0 Å². The van der Waals surface area contributed by atoms with Gasteiger partial charge >= 0.3 is 0 Å². The van der Waals surface area contributed by atoms with Crippen LogP contribution in [-0.4, -0.2) is 57.3 Å². The molecule has 0 amide bonds. The first kappa shape index (κ1) is 74.8. The van der Waals surface area contributed by atoms with Gasteiger partial charge in [0.05, 0.1) is 73.1 Å². The number of benzene rings is 17. The van der Waals surface area contributed by atoms with Gasteiger partial charge in [0, 0.05) is 134 Å². The molecule has 0 spiro atoms. The maximum Gasteiger partial charge on any atom is 0.238 e. The van der Waals surface area contributed by atoms with Crippen molar-refractivity contribution in [2.75, 3.05) is 0 Å². The molecule has 10 heterocycles. The Balaban J connectivity index is 0.000000106. The zero-order valence-corrected chi connectivity index (χ0v) is 70.2. The highest BCUT2D eigenvalue weighted by Crippen LogP contribution is 2.49. The van der Waals surface area contributed by atoms with Crippen molar-refractivity contribution >= 4 is 142 Å². The molecule has 12 nitrogen and oxygen atoms in total. The van der Waals surface area contributed by atoms with Gasteiger partial charge in [0.1, 0.15) is 5.65 Å². The van der Waals surface area contributed by atoms with E-state index in [1.54, 1.807) is 0 Å². The summed E-state index contributed by atoms with van der Waals surface area (Å²) >= 11 is 0. The highest BCUT2D eigenvalue weighted by molar-refractivity contribution is 6.26. The molecule has 17 aromatic carbocycles. The average molecular weight is 1660 g/mol. The van der Waals surface area contributed by atoms with Crippen molar-refractivity contribution in [1.29, 1.82) is 0 Å². The van der Waals surface area contributed by atoms with Crippen molar-refractivity contribution < 1.29 is 0 Å². The van der Waals surface area contributed by atoms with Gasteiger partial charge in [0.15, 0.2) is 11.6 Å². The van der Waals surface area contributed by atoms with Crippen LogP contribution >= 0.6 is 0 Å². The van der Waals surface area contributed by atoms with E-state index in [1.165, 1.54) is 98.1 Å². The van der Waals surface area contributed by atoms with Crippen molar-refractivity contribution in [2.24, 2.45) is 0 Å². The van der Waals surface area contributed by atoms with Crippen molar-refractivity contribution in [2.45, 2.75) is 0 Å². The predicted molar refractivity (Wildman–Crippen MR) is 537 cm³/mol. The van der Waals surface area contributed by atoms with Crippen LogP contribution in [0.3, 0.4) is 0 Å². The van der Waals surface area contributed by atoms with Crippen LogP contribution in [0.15, 0.2) is 462 Å². The van der Waals surface area contributed by atoms with E-state index in [2.05, 4.69) is 391 Å². The molecule has 10 aromatic heterocycles. The summed E-state index contributed by atoms with van der Waals surface area (Å²) < 4.78 is 13.9. The number of hydrogen-bond donors (Lipinski definition) is 0. The van der Waals surface area contributed by atoms with Gasteiger partial charge in [-0.2, -0.15) is 9.97 Å². The van der Waals surface area contributed by atoms with E-state index >= 15 is 0 Å². The molecule has 0 radical (unpaired) electrons. The molecule has 27 rings (SSSR count). The Bertz CT molecular complexity index is 8890. The quantitative estimate of drug-likeness (QED) is 0.128. The largest absolute Gasteiger partial charge is 0.309 e. The topological polar surface area (TPSA) is 107 Å². The lowest BCUT2D eigenvalue weighted by molar-refractivity contribution is 0.953. The Kier molecular flexibility index (Phi) is 18.0. The van der Waals surface area contributed by atoms with Crippen LogP contribution in [0, 0.1) is 0 Å². The lowest BCUT2D eigenvalue weighted by atomic mass is 9.97. The fourth-order valence-corrected chi connectivity index (χ4v) is 20.2. The molecule has 0 bridgehead atoms. The lowest BCUT2D eigenvalue weighted by Crippen LogP contribution is -2.06. The van der Waals surface area contributed by atoms with Gasteiger partial charge in [-0.1, -0.05) is 309 Å². The summed E-state index contributed by atoms with van der Waals surface area (Å²) in [6.45, 7) is 0. The fraction of sp³-hybridized carbons (Fsp3) is 0. The second-order valence-corrected chi connectivity index (χ2v) is 32.8. The molecule has 0 saturated carbocycles. The normalized spacial score (nSPS) is 11.7. The Hall–Kier alpha value is -17.7. The second-order valence-electron chi connectivity index (χ2n) is 32.8. The van der Waals surface area contributed by atoms with Crippen molar-refractivity contribution in [3.05, 3.63) is 462 Å². The molecule has 608 valence electrons. The van der Waals surface area contributed by atoms with Crippen LogP contribution in [0.2, 0.25) is 0 Å². The molecular weight excluding hydrogens is 1590 g/mol.